The Balaban J connectivity index is 2.29. The van der Waals surface area contributed by atoms with Gasteiger partial charge in [-0.2, -0.15) is 4.98 Å². The second-order valence-corrected chi connectivity index (χ2v) is 4.18. The third kappa shape index (κ3) is 1.83. The Morgan fingerprint density at radius 3 is 2.87 bits per heavy atom. The van der Waals surface area contributed by atoms with Gasteiger partial charge in [0.05, 0.1) is 12.1 Å². The molecule has 0 atom stereocenters. The summed E-state index contributed by atoms with van der Waals surface area (Å²) in [6.45, 7) is 4.42. The topological polar surface area (TPSA) is 84.1 Å². The zero-order valence-electron chi connectivity index (χ0n) is 8.69. The number of nitrogens with one attached hydrogen (secondary N) is 1. The van der Waals surface area contributed by atoms with Crippen LogP contribution in [0.2, 0.25) is 0 Å². The van der Waals surface area contributed by atoms with Crippen molar-refractivity contribution >= 4 is 17.8 Å². The van der Waals surface area contributed by atoms with Crippen LogP contribution in [0.25, 0.3) is 0 Å². The fourth-order valence-corrected chi connectivity index (χ4v) is 1.52. The van der Waals surface area contributed by atoms with E-state index in [1.165, 1.54) is 11.1 Å². The van der Waals surface area contributed by atoms with Gasteiger partial charge in [0.2, 0.25) is 5.95 Å². The molecule has 0 bridgehead atoms. The van der Waals surface area contributed by atoms with Gasteiger partial charge >= 0.3 is 6.03 Å². The highest BCUT2D eigenvalue weighted by Crippen LogP contribution is 2.19. The van der Waals surface area contributed by atoms with Gasteiger partial charge in [0.25, 0.3) is 0 Å². The molecule has 1 aromatic heterocycles. The maximum Gasteiger partial charge on any atom is 0.324 e. The van der Waals surface area contributed by atoms with E-state index in [2.05, 4.69) is 15.3 Å². The van der Waals surface area contributed by atoms with Crippen molar-refractivity contribution in [2.75, 3.05) is 17.2 Å². The van der Waals surface area contributed by atoms with E-state index >= 15 is 0 Å². The number of anilines is 2. The Morgan fingerprint density at radius 1 is 1.60 bits per heavy atom. The lowest BCUT2D eigenvalue weighted by atomic mass is 10.1. The van der Waals surface area contributed by atoms with Crippen molar-refractivity contribution in [3.8, 4) is 0 Å². The number of nitrogens with two attached hydrogens (primary N) is 1. The maximum absolute atomic E-state index is 11.6. The Bertz CT molecular complexity index is 403. The Labute approximate surface area is 87.5 Å². The van der Waals surface area contributed by atoms with E-state index in [-0.39, 0.29) is 11.6 Å². The monoisotopic (exact) mass is 207 g/mol. The third-order valence-corrected chi connectivity index (χ3v) is 2.15. The van der Waals surface area contributed by atoms with Crippen molar-refractivity contribution in [3.05, 3.63) is 12.3 Å². The van der Waals surface area contributed by atoms with Crippen LogP contribution >= 0.6 is 0 Å². The van der Waals surface area contributed by atoms with Gasteiger partial charge in [0.15, 0.2) is 0 Å². The minimum atomic E-state index is -0.259. The first-order valence-corrected chi connectivity index (χ1v) is 4.66. The number of hydrogen-bond donors (Lipinski definition) is 2. The molecule has 1 saturated heterocycles. The molecule has 1 fully saturated rings. The molecular weight excluding hydrogens is 194 g/mol. The molecule has 0 unspecified atom stereocenters. The minimum absolute atomic E-state index is 0.189. The van der Waals surface area contributed by atoms with E-state index in [4.69, 9.17) is 5.73 Å². The smallest absolute Gasteiger partial charge is 0.324 e. The lowest BCUT2D eigenvalue weighted by Crippen LogP contribution is -2.36. The largest absolute Gasteiger partial charge is 0.384 e. The summed E-state index contributed by atoms with van der Waals surface area (Å²) in [5.74, 6) is 0.704. The highest BCUT2D eigenvalue weighted by molar-refractivity contribution is 5.93. The standard InChI is InChI=1S/C9H13N5O/c1-9(2)5-14(8(15)13-9)7-11-4-3-6(10)12-7/h3-4H,5H2,1-2H3,(H,13,15)(H2,10,11,12). The number of urea groups is 1. The third-order valence-electron chi connectivity index (χ3n) is 2.15. The molecule has 80 valence electrons. The molecule has 6 nitrogen and oxygen atoms in total. The lowest BCUT2D eigenvalue weighted by Gasteiger charge is -2.16. The first-order chi connectivity index (χ1) is 6.98. The first-order valence-electron chi connectivity index (χ1n) is 4.66. The summed E-state index contributed by atoms with van der Waals surface area (Å²) in [7, 11) is 0. The van der Waals surface area contributed by atoms with Crippen LogP contribution in [0.4, 0.5) is 16.6 Å². The van der Waals surface area contributed by atoms with Gasteiger partial charge in [-0.1, -0.05) is 0 Å². The summed E-state index contributed by atoms with van der Waals surface area (Å²) in [6.07, 6.45) is 1.54. The molecule has 0 saturated carbocycles. The number of amides is 2. The minimum Gasteiger partial charge on any atom is -0.384 e. The van der Waals surface area contributed by atoms with Crippen molar-refractivity contribution < 1.29 is 4.79 Å². The number of carbonyl (C=O) groups is 1. The zero-order chi connectivity index (χ0) is 11.1. The number of hydrogen-bond acceptors (Lipinski definition) is 4. The van der Waals surface area contributed by atoms with Gasteiger partial charge in [0.1, 0.15) is 5.82 Å². The molecule has 15 heavy (non-hydrogen) atoms. The lowest BCUT2D eigenvalue weighted by molar-refractivity contribution is 0.248. The van der Waals surface area contributed by atoms with Gasteiger partial charge in [0, 0.05) is 6.20 Å². The number of nitrogens with zero attached hydrogens (tertiary/aromatic N) is 3. The molecule has 6 heteroatoms. The van der Waals surface area contributed by atoms with Crippen LogP contribution in [0.3, 0.4) is 0 Å². The zero-order valence-corrected chi connectivity index (χ0v) is 8.69. The summed E-state index contributed by atoms with van der Waals surface area (Å²) >= 11 is 0. The van der Waals surface area contributed by atoms with Crippen molar-refractivity contribution in [3.63, 3.8) is 0 Å². The van der Waals surface area contributed by atoms with Gasteiger partial charge in [-0.3, -0.25) is 4.90 Å². The van der Waals surface area contributed by atoms with Gasteiger partial charge in [-0.25, -0.2) is 9.78 Å². The normalized spacial score (nSPS) is 19.1. The molecule has 1 aromatic rings. The molecule has 1 aliphatic rings. The highest BCUT2D eigenvalue weighted by atomic mass is 16.2. The summed E-state index contributed by atoms with van der Waals surface area (Å²) in [4.78, 5) is 21.1. The summed E-state index contributed by atoms with van der Waals surface area (Å²) in [6, 6.07) is 1.40. The molecular formula is C9H13N5O. The van der Waals surface area contributed by atoms with Crippen LogP contribution in [-0.4, -0.2) is 28.1 Å². The molecule has 0 aromatic carbocycles. The SMILES string of the molecule is CC1(C)CN(c2nccc(N)n2)C(=O)N1. The van der Waals surface area contributed by atoms with Crippen LogP contribution in [-0.2, 0) is 0 Å². The molecule has 2 heterocycles. The van der Waals surface area contributed by atoms with Crippen molar-refractivity contribution in [2.24, 2.45) is 0 Å². The van der Waals surface area contributed by atoms with Gasteiger partial charge < -0.3 is 11.1 Å². The number of carbonyl (C=O) groups excluding carboxylic acids is 1. The van der Waals surface area contributed by atoms with Crippen molar-refractivity contribution in [1.29, 1.82) is 0 Å². The van der Waals surface area contributed by atoms with Crippen LogP contribution < -0.4 is 16.0 Å². The average molecular weight is 207 g/mol. The van der Waals surface area contributed by atoms with E-state index in [1.807, 2.05) is 13.8 Å². The van der Waals surface area contributed by atoms with E-state index < -0.39 is 0 Å². The van der Waals surface area contributed by atoms with Crippen LogP contribution in [0.15, 0.2) is 12.3 Å². The maximum atomic E-state index is 11.6. The molecule has 1 aliphatic heterocycles. The number of aromatic nitrogens is 2. The van der Waals surface area contributed by atoms with Crippen molar-refractivity contribution in [1.82, 2.24) is 15.3 Å². The fourth-order valence-electron chi connectivity index (χ4n) is 1.52. The fraction of sp³-hybridized carbons (Fsp3) is 0.444. The summed E-state index contributed by atoms with van der Waals surface area (Å²) in [5, 5.41) is 2.83. The number of rotatable bonds is 1. The summed E-state index contributed by atoms with van der Waals surface area (Å²) in [5.41, 5.74) is 5.27. The highest BCUT2D eigenvalue weighted by Gasteiger charge is 2.36. The quantitative estimate of drug-likeness (QED) is 0.696. The predicted molar refractivity (Wildman–Crippen MR) is 56.4 cm³/mol. The molecule has 0 spiro atoms. The molecule has 3 N–H and O–H groups in total. The second kappa shape index (κ2) is 3.08. The number of nitrogen functional groups attached to an aromatic ring is 1. The van der Waals surface area contributed by atoms with Crippen LogP contribution in [0, 0.1) is 0 Å². The van der Waals surface area contributed by atoms with Crippen LogP contribution in [0.5, 0.6) is 0 Å². The summed E-state index contributed by atoms with van der Waals surface area (Å²) < 4.78 is 0. The average Bonchev–Trinajstić information content (AvgIpc) is 2.40. The van der Waals surface area contributed by atoms with E-state index in [0.717, 1.165) is 0 Å². The van der Waals surface area contributed by atoms with E-state index in [9.17, 15) is 4.79 Å². The Kier molecular flexibility index (Phi) is 1.99. The Morgan fingerprint density at radius 2 is 2.33 bits per heavy atom. The first kappa shape index (κ1) is 9.70. The molecule has 2 amide bonds. The van der Waals surface area contributed by atoms with Crippen molar-refractivity contribution in [2.45, 2.75) is 19.4 Å². The van der Waals surface area contributed by atoms with Gasteiger partial charge in [-0.05, 0) is 19.9 Å². The molecule has 2 rings (SSSR count). The van der Waals surface area contributed by atoms with E-state index in [0.29, 0.717) is 18.3 Å². The second-order valence-electron chi connectivity index (χ2n) is 4.18. The van der Waals surface area contributed by atoms with E-state index in [1.54, 1.807) is 6.07 Å². The predicted octanol–water partition coefficient (Wildman–Crippen LogP) is 0.367. The molecule has 0 radical (unpaired) electrons. The Hall–Kier alpha value is -1.85. The van der Waals surface area contributed by atoms with Gasteiger partial charge in [-0.15, -0.1) is 0 Å². The van der Waals surface area contributed by atoms with Crippen LogP contribution in [0.1, 0.15) is 13.8 Å². The molecule has 0 aliphatic carbocycles.